The molecule has 0 aliphatic rings. The molecule has 210 valence electrons. The lowest BCUT2D eigenvalue weighted by atomic mass is 9.94. The third kappa shape index (κ3) is 11.3. The van der Waals surface area contributed by atoms with Gasteiger partial charge in [0.15, 0.2) is 6.29 Å². The molecule has 0 atom stereocenters. The number of hydrogen-bond acceptors (Lipinski definition) is 12. The van der Waals surface area contributed by atoms with Crippen LogP contribution >= 0.6 is 51.0 Å². The van der Waals surface area contributed by atoms with Crippen molar-refractivity contribution in [1.29, 1.82) is 0 Å². The van der Waals surface area contributed by atoms with Crippen molar-refractivity contribution in [1.82, 2.24) is 0 Å². The predicted octanol–water partition coefficient (Wildman–Crippen LogP) is 4.80. The number of aromatic hydroxyl groups is 1. The fraction of sp³-hybridized carbons (Fsp3) is 0.435. The number of phosphoric acid groups is 1. The van der Waals surface area contributed by atoms with Crippen LogP contribution in [0.15, 0.2) is 18.2 Å². The Hall–Kier alpha value is -1.54. The average Bonchev–Trinajstić information content (AvgIpc) is 2.83. The van der Waals surface area contributed by atoms with Crippen LogP contribution in [-0.4, -0.2) is 69.3 Å². The zero-order valence-corrected chi connectivity index (χ0v) is 24.9. The van der Waals surface area contributed by atoms with Gasteiger partial charge in [-0.05, 0) is 35.9 Å². The first-order valence-corrected chi connectivity index (χ1v) is 17.8. The minimum atomic E-state index is -4.91. The second-order valence-corrected chi connectivity index (χ2v) is 14.2. The van der Waals surface area contributed by atoms with Gasteiger partial charge in [-0.15, -0.1) is 0 Å². The summed E-state index contributed by atoms with van der Waals surface area (Å²) in [6, 6.07) is 4.67. The number of carbonyl (C=O) groups excluding carboxylic acids is 3. The third-order valence-corrected chi connectivity index (χ3v) is 9.96. The van der Waals surface area contributed by atoms with Gasteiger partial charge in [0.1, 0.15) is 24.7 Å². The van der Waals surface area contributed by atoms with Crippen molar-refractivity contribution >= 4 is 80.0 Å². The fourth-order valence-electron chi connectivity index (χ4n) is 3.32. The van der Waals surface area contributed by atoms with Crippen molar-refractivity contribution in [2.75, 3.05) is 36.2 Å². The number of carbonyl (C=O) groups is 3. The monoisotopic (exact) mass is 624 g/mol. The Balaban J connectivity index is 2.29. The van der Waals surface area contributed by atoms with Gasteiger partial charge < -0.3 is 19.1 Å². The van der Waals surface area contributed by atoms with E-state index in [1.165, 1.54) is 63.1 Å². The van der Waals surface area contributed by atoms with Crippen molar-refractivity contribution in [2.24, 2.45) is 0 Å². The van der Waals surface area contributed by atoms with E-state index < -0.39 is 7.82 Å². The Morgan fingerprint density at radius 1 is 0.895 bits per heavy atom. The number of ether oxygens (including phenoxy) is 2. The van der Waals surface area contributed by atoms with Crippen LogP contribution in [0.4, 0.5) is 0 Å². The number of esters is 2. The summed E-state index contributed by atoms with van der Waals surface area (Å²) in [5.74, 6) is 1.37. The average molecular weight is 625 g/mol. The van der Waals surface area contributed by atoms with E-state index in [1.54, 1.807) is 12.1 Å². The van der Waals surface area contributed by atoms with E-state index in [9.17, 15) is 33.8 Å². The zero-order valence-electron chi connectivity index (χ0n) is 20.7. The molecule has 0 saturated heterocycles. The lowest BCUT2D eigenvalue weighted by molar-refractivity contribution is -0.141. The summed E-state index contributed by atoms with van der Waals surface area (Å²) in [6.07, 6.45) is 1.26. The van der Waals surface area contributed by atoms with Crippen molar-refractivity contribution in [3.05, 3.63) is 34.9 Å². The molecule has 38 heavy (non-hydrogen) atoms. The number of benzene rings is 2. The Kier molecular flexibility index (Phi) is 14.2. The number of phosphoric ester groups is 1. The van der Waals surface area contributed by atoms with Gasteiger partial charge in [0.2, 0.25) is 0 Å². The first-order chi connectivity index (χ1) is 18.0. The molecule has 2 aromatic rings. The summed E-state index contributed by atoms with van der Waals surface area (Å²) >= 11 is 0. The first-order valence-electron chi connectivity index (χ1n) is 11.3. The van der Waals surface area contributed by atoms with E-state index in [4.69, 9.17) is 14.0 Å². The summed E-state index contributed by atoms with van der Waals surface area (Å²) in [4.78, 5) is 52.5. The highest BCUT2D eigenvalue weighted by atomic mass is 33.1. The molecular weight excluding hydrogens is 595 g/mol. The predicted molar refractivity (Wildman–Crippen MR) is 154 cm³/mol. The lowest BCUT2D eigenvalue weighted by Crippen LogP contribution is -2.04. The summed E-state index contributed by atoms with van der Waals surface area (Å²) in [7, 11) is 1.06. The van der Waals surface area contributed by atoms with E-state index >= 15 is 0 Å². The molecule has 10 nitrogen and oxygen atoms in total. The number of fused-ring (bicyclic) bond motifs is 1. The molecule has 3 N–H and O–H groups in total. The largest absolute Gasteiger partial charge is 0.524 e. The van der Waals surface area contributed by atoms with Crippen LogP contribution in [0, 0.1) is 0 Å². The molecule has 0 bridgehead atoms. The molecule has 0 radical (unpaired) electrons. The topological polar surface area (TPSA) is 157 Å². The maximum Gasteiger partial charge on any atom is 0.524 e. The fourth-order valence-corrected chi connectivity index (χ4v) is 7.47. The Morgan fingerprint density at radius 3 is 1.97 bits per heavy atom. The van der Waals surface area contributed by atoms with Crippen LogP contribution in [0.1, 0.15) is 35.3 Å². The van der Waals surface area contributed by atoms with Gasteiger partial charge in [-0.1, -0.05) is 49.2 Å². The highest BCUT2D eigenvalue weighted by molar-refractivity contribution is 8.77. The van der Waals surface area contributed by atoms with E-state index in [0.717, 1.165) is 0 Å². The van der Waals surface area contributed by atoms with E-state index in [0.29, 0.717) is 64.0 Å². The molecular formula is C23H29O10PS4. The van der Waals surface area contributed by atoms with Crippen molar-refractivity contribution < 1.29 is 47.8 Å². The number of hydrogen-bond donors (Lipinski definition) is 3. The van der Waals surface area contributed by atoms with Crippen LogP contribution in [0.5, 0.6) is 11.5 Å². The van der Waals surface area contributed by atoms with Crippen molar-refractivity contribution in [3.8, 4) is 11.5 Å². The molecule has 0 heterocycles. The number of phenols is 1. The van der Waals surface area contributed by atoms with Crippen LogP contribution in [0.2, 0.25) is 0 Å². The van der Waals surface area contributed by atoms with E-state index in [2.05, 4.69) is 0 Å². The first kappa shape index (κ1) is 32.7. The van der Waals surface area contributed by atoms with Gasteiger partial charge in [-0.3, -0.25) is 24.2 Å². The Labute approximate surface area is 236 Å². The standard InChI is InChI=1S/C23H29O10PS4/c1-15(25)31-7-11-37-35-9-5-17-13-21-19(4-3-18(14-24)22(21)27)20(23(17)33-34(28,29)30)6-10-36-38-12-8-32-16(2)26/h3-4,13-14,27H,5-12H2,1-2H3,(H2,28,29,30). The zero-order chi connectivity index (χ0) is 28.1. The molecule has 0 unspecified atom stereocenters. The molecule has 0 aliphatic carbocycles. The van der Waals surface area contributed by atoms with Crippen molar-refractivity contribution in [2.45, 2.75) is 26.7 Å². The molecule has 0 aromatic heterocycles. The molecule has 2 aromatic carbocycles. The number of rotatable bonds is 17. The van der Waals surface area contributed by atoms with E-state index in [1.807, 2.05) is 0 Å². The molecule has 15 heteroatoms. The van der Waals surface area contributed by atoms with Crippen LogP contribution in [0.3, 0.4) is 0 Å². The molecule has 0 fully saturated rings. The van der Waals surface area contributed by atoms with E-state index in [-0.39, 0.29) is 42.2 Å². The van der Waals surface area contributed by atoms with Crippen molar-refractivity contribution in [3.63, 3.8) is 0 Å². The number of phenolic OH excluding ortho intramolecular Hbond substituents is 1. The van der Waals surface area contributed by atoms with Crippen LogP contribution in [0.25, 0.3) is 10.8 Å². The number of aldehydes is 1. The lowest BCUT2D eigenvalue weighted by Gasteiger charge is -2.20. The maximum absolute atomic E-state index is 11.9. The molecule has 0 saturated carbocycles. The normalized spacial score (nSPS) is 11.4. The highest BCUT2D eigenvalue weighted by Crippen LogP contribution is 2.46. The highest BCUT2D eigenvalue weighted by Gasteiger charge is 2.24. The van der Waals surface area contributed by atoms with Crippen LogP contribution < -0.4 is 4.52 Å². The molecule has 2 rings (SSSR count). The third-order valence-electron chi connectivity index (χ3n) is 4.80. The van der Waals surface area contributed by atoms with Crippen LogP contribution in [-0.2, 0) is 36.5 Å². The summed E-state index contributed by atoms with van der Waals surface area (Å²) < 4.78 is 26.9. The van der Waals surface area contributed by atoms with Gasteiger partial charge >= 0.3 is 19.8 Å². The Bertz CT molecular complexity index is 1170. The summed E-state index contributed by atoms with van der Waals surface area (Å²) in [5.41, 5.74) is 1.09. The second-order valence-electron chi connectivity index (χ2n) is 7.61. The summed E-state index contributed by atoms with van der Waals surface area (Å²) in [5, 5.41) is 11.6. The minimum absolute atomic E-state index is 0.0557. The molecule has 0 amide bonds. The summed E-state index contributed by atoms with van der Waals surface area (Å²) in [6.45, 7) is 3.23. The van der Waals surface area contributed by atoms with Gasteiger partial charge in [0, 0.05) is 47.8 Å². The quantitative estimate of drug-likeness (QED) is 0.0724. The molecule has 0 spiro atoms. The SMILES string of the molecule is CC(=O)OCCSSCCc1cc2c(O)c(C=O)ccc2c(CCSSCCOC(C)=O)c1OP(=O)(O)O. The van der Waals surface area contributed by atoms with Gasteiger partial charge in [0.25, 0.3) is 0 Å². The smallest absolute Gasteiger partial charge is 0.507 e. The number of aryl methyl sites for hydroxylation is 2. The second kappa shape index (κ2) is 16.5. The van der Waals surface area contributed by atoms with Gasteiger partial charge in [-0.25, -0.2) is 4.57 Å². The Morgan fingerprint density at radius 2 is 1.45 bits per heavy atom. The van der Waals surface area contributed by atoms with Gasteiger partial charge in [-0.2, -0.15) is 0 Å². The van der Waals surface area contributed by atoms with Gasteiger partial charge in [0.05, 0.1) is 5.56 Å². The molecule has 0 aliphatic heterocycles. The maximum atomic E-state index is 11.9. The minimum Gasteiger partial charge on any atom is -0.507 e.